The van der Waals surface area contributed by atoms with Crippen LogP contribution in [0.5, 0.6) is 5.75 Å². The van der Waals surface area contributed by atoms with Crippen LogP contribution in [0.15, 0.2) is 32.8 Å². The van der Waals surface area contributed by atoms with Crippen LogP contribution in [0, 0.1) is 6.92 Å². The highest BCUT2D eigenvalue weighted by molar-refractivity contribution is 9.10. The Morgan fingerprint density at radius 3 is 2.78 bits per heavy atom. The van der Waals surface area contributed by atoms with E-state index in [9.17, 15) is 9.59 Å². The first-order chi connectivity index (χ1) is 10.9. The summed E-state index contributed by atoms with van der Waals surface area (Å²) in [6, 6.07) is 5.71. The predicted molar refractivity (Wildman–Crippen MR) is 95.1 cm³/mol. The summed E-state index contributed by atoms with van der Waals surface area (Å²) in [5.74, 6) is 0.738. The van der Waals surface area contributed by atoms with Crippen molar-refractivity contribution in [3.63, 3.8) is 0 Å². The number of hydrogen-bond acceptors (Lipinski definition) is 4. The standard InChI is InChI=1S/C16H19BrN2O3S/c1-11-10-23-16(21)19(11)7-6-15(20)18(2)9-12-8-13(17)4-5-14(12)22-3/h4-5,8,10H,6-7,9H2,1-3H3. The summed E-state index contributed by atoms with van der Waals surface area (Å²) in [5.41, 5.74) is 1.82. The second kappa shape index (κ2) is 7.79. The highest BCUT2D eigenvalue weighted by atomic mass is 79.9. The van der Waals surface area contributed by atoms with Crippen molar-refractivity contribution in [3.8, 4) is 5.75 Å². The summed E-state index contributed by atoms with van der Waals surface area (Å²) in [4.78, 5) is 25.6. The van der Waals surface area contributed by atoms with E-state index >= 15 is 0 Å². The topological polar surface area (TPSA) is 51.5 Å². The van der Waals surface area contributed by atoms with Crippen LogP contribution < -0.4 is 9.61 Å². The van der Waals surface area contributed by atoms with E-state index in [-0.39, 0.29) is 10.8 Å². The minimum atomic E-state index is -0.0217. The van der Waals surface area contributed by atoms with Gasteiger partial charge in [-0.1, -0.05) is 27.3 Å². The Bertz CT molecular complexity index is 754. The number of aromatic nitrogens is 1. The van der Waals surface area contributed by atoms with Gasteiger partial charge < -0.3 is 14.2 Å². The number of aryl methyl sites for hydroxylation is 1. The van der Waals surface area contributed by atoms with Gasteiger partial charge in [-0.2, -0.15) is 0 Å². The SMILES string of the molecule is COc1ccc(Br)cc1CN(C)C(=O)CCn1c(C)csc1=O. The molecule has 1 amide bonds. The third-order valence-corrected chi connectivity index (χ3v) is 4.98. The fraction of sp³-hybridized carbons (Fsp3) is 0.375. The van der Waals surface area contributed by atoms with Crippen LogP contribution in [0.2, 0.25) is 0 Å². The second-order valence-corrected chi connectivity index (χ2v) is 6.99. The summed E-state index contributed by atoms with van der Waals surface area (Å²) in [5, 5.41) is 1.81. The van der Waals surface area contributed by atoms with Crippen molar-refractivity contribution in [2.75, 3.05) is 14.2 Å². The van der Waals surface area contributed by atoms with Crippen molar-refractivity contribution in [1.82, 2.24) is 9.47 Å². The lowest BCUT2D eigenvalue weighted by atomic mass is 10.2. The summed E-state index contributed by atoms with van der Waals surface area (Å²) in [6.07, 6.45) is 0.296. The number of carbonyl (C=O) groups excluding carboxylic acids is 1. The van der Waals surface area contributed by atoms with E-state index in [1.54, 1.807) is 23.6 Å². The number of halogens is 1. The molecule has 7 heteroatoms. The van der Waals surface area contributed by atoms with Crippen LogP contribution >= 0.6 is 27.3 Å². The zero-order valence-corrected chi connectivity index (χ0v) is 15.7. The van der Waals surface area contributed by atoms with Crippen LogP contribution in [0.25, 0.3) is 0 Å². The van der Waals surface area contributed by atoms with E-state index in [1.807, 2.05) is 30.5 Å². The average Bonchev–Trinajstić information content (AvgIpc) is 2.84. The molecule has 2 aromatic rings. The Balaban J connectivity index is 2.00. The number of methoxy groups -OCH3 is 1. The minimum Gasteiger partial charge on any atom is -0.496 e. The molecule has 0 aliphatic rings. The monoisotopic (exact) mass is 398 g/mol. The maximum absolute atomic E-state index is 12.3. The molecule has 5 nitrogen and oxygen atoms in total. The number of thiazole rings is 1. The zero-order valence-electron chi connectivity index (χ0n) is 13.3. The van der Waals surface area contributed by atoms with Gasteiger partial charge in [0.1, 0.15) is 5.75 Å². The fourth-order valence-electron chi connectivity index (χ4n) is 2.29. The minimum absolute atomic E-state index is 0.00970. The first-order valence-corrected chi connectivity index (χ1v) is 8.81. The van der Waals surface area contributed by atoms with E-state index in [0.29, 0.717) is 19.5 Å². The number of amides is 1. The van der Waals surface area contributed by atoms with Crippen molar-refractivity contribution in [2.45, 2.75) is 26.4 Å². The normalized spacial score (nSPS) is 10.6. The number of benzene rings is 1. The van der Waals surface area contributed by atoms with Gasteiger partial charge in [-0.15, -0.1) is 0 Å². The molecule has 124 valence electrons. The molecule has 0 atom stereocenters. The highest BCUT2D eigenvalue weighted by Gasteiger charge is 2.13. The summed E-state index contributed by atoms with van der Waals surface area (Å²) < 4.78 is 7.90. The van der Waals surface area contributed by atoms with Crippen molar-refractivity contribution in [1.29, 1.82) is 0 Å². The molecule has 0 radical (unpaired) electrons. The lowest BCUT2D eigenvalue weighted by Crippen LogP contribution is -2.28. The smallest absolute Gasteiger partial charge is 0.307 e. The Hall–Kier alpha value is -1.60. The predicted octanol–water partition coefficient (Wildman–Crippen LogP) is 3.04. The van der Waals surface area contributed by atoms with E-state index in [2.05, 4.69) is 15.9 Å². The van der Waals surface area contributed by atoms with Crippen molar-refractivity contribution in [2.24, 2.45) is 0 Å². The van der Waals surface area contributed by atoms with Crippen molar-refractivity contribution < 1.29 is 9.53 Å². The molecule has 0 N–H and O–H groups in total. The molecule has 1 heterocycles. The van der Waals surface area contributed by atoms with Crippen LogP contribution in [0.1, 0.15) is 17.7 Å². The first kappa shape index (κ1) is 17.7. The van der Waals surface area contributed by atoms with Gasteiger partial charge in [0.05, 0.1) is 7.11 Å². The van der Waals surface area contributed by atoms with Crippen molar-refractivity contribution >= 4 is 33.2 Å². The lowest BCUT2D eigenvalue weighted by molar-refractivity contribution is -0.130. The molecule has 1 aromatic carbocycles. The molecule has 2 rings (SSSR count). The Morgan fingerprint density at radius 1 is 1.43 bits per heavy atom. The van der Waals surface area contributed by atoms with Crippen LogP contribution in [0.4, 0.5) is 0 Å². The number of ether oxygens (including phenoxy) is 1. The third kappa shape index (κ3) is 4.45. The molecule has 23 heavy (non-hydrogen) atoms. The third-order valence-electron chi connectivity index (χ3n) is 3.60. The van der Waals surface area contributed by atoms with E-state index in [4.69, 9.17) is 4.74 Å². The molecule has 0 bridgehead atoms. The quantitative estimate of drug-likeness (QED) is 0.751. The van der Waals surface area contributed by atoms with Gasteiger partial charge in [-0.25, -0.2) is 0 Å². The van der Waals surface area contributed by atoms with Gasteiger partial charge in [0.15, 0.2) is 0 Å². The summed E-state index contributed by atoms with van der Waals surface area (Å²) in [6.45, 7) is 2.74. The second-order valence-electron chi connectivity index (χ2n) is 5.25. The Kier molecular flexibility index (Phi) is 6.01. The van der Waals surface area contributed by atoms with Crippen LogP contribution in [0.3, 0.4) is 0 Å². The van der Waals surface area contributed by atoms with Gasteiger partial charge in [-0.3, -0.25) is 9.59 Å². The summed E-state index contributed by atoms with van der Waals surface area (Å²) >= 11 is 4.59. The Labute approximate surface area is 147 Å². The van der Waals surface area contributed by atoms with Gasteiger partial charge in [0, 0.05) is 47.7 Å². The number of rotatable bonds is 6. The average molecular weight is 399 g/mol. The van der Waals surface area contributed by atoms with Crippen molar-refractivity contribution in [3.05, 3.63) is 49.0 Å². The number of hydrogen-bond donors (Lipinski definition) is 0. The van der Waals surface area contributed by atoms with Crippen LogP contribution in [-0.4, -0.2) is 29.5 Å². The molecular weight excluding hydrogens is 380 g/mol. The van der Waals surface area contributed by atoms with E-state index < -0.39 is 0 Å². The van der Waals surface area contributed by atoms with Gasteiger partial charge in [0.2, 0.25) is 5.91 Å². The highest BCUT2D eigenvalue weighted by Crippen LogP contribution is 2.24. The van der Waals surface area contributed by atoms with Gasteiger partial charge in [0.25, 0.3) is 0 Å². The molecule has 0 spiro atoms. The largest absolute Gasteiger partial charge is 0.496 e. The molecule has 1 aromatic heterocycles. The molecule has 0 fully saturated rings. The van der Waals surface area contributed by atoms with E-state index in [1.165, 1.54) is 0 Å². The maximum Gasteiger partial charge on any atom is 0.307 e. The number of nitrogens with zero attached hydrogens (tertiary/aromatic N) is 2. The lowest BCUT2D eigenvalue weighted by Gasteiger charge is -2.19. The molecular formula is C16H19BrN2O3S. The Morgan fingerprint density at radius 2 is 2.17 bits per heavy atom. The van der Waals surface area contributed by atoms with Crippen LogP contribution in [-0.2, 0) is 17.9 Å². The fourth-order valence-corrected chi connectivity index (χ4v) is 3.46. The van der Waals surface area contributed by atoms with Gasteiger partial charge >= 0.3 is 4.87 Å². The maximum atomic E-state index is 12.3. The molecule has 0 aliphatic carbocycles. The molecule has 0 aliphatic heterocycles. The first-order valence-electron chi connectivity index (χ1n) is 7.13. The summed E-state index contributed by atoms with van der Waals surface area (Å²) in [7, 11) is 3.37. The van der Waals surface area contributed by atoms with E-state index in [0.717, 1.165) is 32.8 Å². The zero-order chi connectivity index (χ0) is 17.0. The molecule has 0 saturated carbocycles. The molecule has 0 saturated heterocycles. The number of carbonyl (C=O) groups is 1. The molecule has 0 unspecified atom stereocenters. The van der Waals surface area contributed by atoms with Gasteiger partial charge in [-0.05, 0) is 25.1 Å².